The predicted octanol–water partition coefficient (Wildman–Crippen LogP) is 2.01. The maximum atomic E-state index is 12.1. The van der Waals surface area contributed by atoms with Crippen LogP contribution in [0.3, 0.4) is 0 Å². The molecule has 1 atom stereocenters. The topological polar surface area (TPSA) is 81.2 Å². The van der Waals surface area contributed by atoms with E-state index in [1.165, 1.54) is 6.26 Å². The zero-order valence-corrected chi connectivity index (χ0v) is 10.8. The van der Waals surface area contributed by atoms with Gasteiger partial charge < -0.3 is 15.5 Å². The number of hydrogen-bond acceptors (Lipinski definition) is 4. The van der Waals surface area contributed by atoms with E-state index in [0.717, 1.165) is 12.0 Å². The predicted molar refractivity (Wildman–Crippen MR) is 71.3 cm³/mol. The molecule has 0 spiro atoms. The Morgan fingerprint density at radius 3 is 2.79 bits per heavy atom. The monoisotopic (exact) mass is 259 g/mol. The van der Waals surface area contributed by atoms with Crippen molar-refractivity contribution in [1.29, 1.82) is 0 Å². The van der Waals surface area contributed by atoms with E-state index >= 15 is 0 Å². The van der Waals surface area contributed by atoms with E-state index in [0.29, 0.717) is 11.3 Å². The van der Waals surface area contributed by atoms with Crippen molar-refractivity contribution in [2.24, 2.45) is 5.73 Å². The van der Waals surface area contributed by atoms with E-state index in [1.807, 2.05) is 19.1 Å². The van der Waals surface area contributed by atoms with Crippen LogP contribution in [0.15, 0.2) is 41.3 Å². The summed E-state index contributed by atoms with van der Waals surface area (Å²) in [5.74, 6) is 0.439. The van der Waals surface area contributed by atoms with Gasteiger partial charge in [-0.1, -0.05) is 6.92 Å². The highest BCUT2D eigenvalue weighted by Gasteiger charge is 2.15. The summed E-state index contributed by atoms with van der Waals surface area (Å²) in [6.45, 7) is 2.31. The van der Waals surface area contributed by atoms with Gasteiger partial charge in [-0.15, -0.1) is 0 Å². The second-order valence-electron chi connectivity index (χ2n) is 4.22. The van der Waals surface area contributed by atoms with Gasteiger partial charge in [-0.25, -0.2) is 0 Å². The second kappa shape index (κ2) is 6.15. The summed E-state index contributed by atoms with van der Waals surface area (Å²) < 4.78 is 5.16. The molecule has 1 unspecified atom stereocenters. The Morgan fingerprint density at radius 1 is 1.47 bits per heavy atom. The van der Waals surface area contributed by atoms with Crippen molar-refractivity contribution in [1.82, 2.24) is 10.3 Å². The van der Waals surface area contributed by atoms with Gasteiger partial charge in [0.25, 0.3) is 5.91 Å². The van der Waals surface area contributed by atoms with Crippen molar-refractivity contribution in [2.45, 2.75) is 25.9 Å². The average Bonchev–Trinajstić information content (AvgIpc) is 2.94. The van der Waals surface area contributed by atoms with Crippen LogP contribution in [0.2, 0.25) is 0 Å². The fourth-order valence-electron chi connectivity index (χ4n) is 1.87. The Bertz CT molecular complexity index is 537. The average molecular weight is 259 g/mol. The zero-order valence-electron chi connectivity index (χ0n) is 10.8. The van der Waals surface area contributed by atoms with Crippen molar-refractivity contribution in [2.75, 3.05) is 0 Å². The largest absolute Gasteiger partial charge is 0.467 e. The Kier molecular flexibility index (Phi) is 4.30. The Labute approximate surface area is 111 Å². The number of furan rings is 1. The summed E-state index contributed by atoms with van der Waals surface area (Å²) in [7, 11) is 0. The molecule has 0 radical (unpaired) electrons. The van der Waals surface area contributed by atoms with Crippen molar-refractivity contribution in [3.63, 3.8) is 0 Å². The number of nitrogens with two attached hydrogens (primary N) is 1. The van der Waals surface area contributed by atoms with Crippen LogP contribution in [0.4, 0.5) is 0 Å². The number of rotatable bonds is 5. The smallest absolute Gasteiger partial charge is 0.255 e. The van der Waals surface area contributed by atoms with E-state index in [-0.39, 0.29) is 18.5 Å². The Morgan fingerprint density at radius 2 is 2.21 bits per heavy atom. The third kappa shape index (κ3) is 3.20. The molecule has 100 valence electrons. The first-order valence-electron chi connectivity index (χ1n) is 6.22. The maximum Gasteiger partial charge on any atom is 0.255 e. The molecule has 0 aliphatic heterocycles. The molecule has 0 saturated carbocycles. The maximum absolute atomic E-state index is 12.1. The van der Waals surface area contributed by atoms with Gasteiger partial charge >= 0.3 is 0 Å². The number of carbonyl (C=O) groups excluding carboxylic acids is 1. The third-order valence-corrected chi connectivity index (χ3v) is 2.94. The van der Waals surface area contributed by atoms with Crippen LogP contribution in [0.25, 0.3) is 0 Å². The molecule has 2 aromatic heterocycles. The molecule has 0 aliphatic carbocycles. The van der Waals surface area contributed by atoms with E-state index < -0.39 is 0 Å². The van der Waals surface area contributed by atoms with Gasteiger partial charge in [-0.05, 0) is 30.2 Å². The SMILES string of the molecule is CCC(NC(=O)c1coc(CN)c1)c1ccncc1. The second-order valence-corrected chi connectivity index (χ2v) is 4.22. The summed E-state index contributed by atoms with van der Waals surface area (Å²) in [6.07, 6.45) is 5.66. The molecule has 3 N–H and O–H groups in total. The van der Waals surface area contributed by atoms with Gasteiger partial charge in [-0.2, -0.15) is 0 Å². The van der Waals surface area contributed by atoms with Crippen LogP contribution in [-0.2, 0) is 6.54 Å². The fourth-order valence-corrected chi connectivity index (χ4v) is 1.87. The van der Waals surface area contributed by atoms with Crippen molar-refractivity contribution in [3.8, 4) is 0 Å². The lowest BCUT2D eigenvalue weighted by Crippen LogP contribution is -2.27. The van der Waals surface area contributed by atoms with Crippen LogP contribution in [-0.4, -0.2) is 10.9 Å². The van der Waals surface area contributed by atoms with E-state index in [2.05, 4.69) is 10.3 Å². The van der Waals surface area contributed by atoms with Crippen LogP contribution < -0.4 is 11.1 Å². The van der Waals surface area contributed by atoms with Crippen molar-refractivity contribution < 1.29 is 9.21 Å². The minimum Gasteiger partial charge on any atom is -0.467 e. The molecular weight excluding hydrogens is 242 g/mol. The molecule has 0 aliphatic rings. The molecule has 5 nitrogen and oxygen atoms in total. The van der Waals surface area contributed by atoms with Crippen LogP contribution in [0.1, 0.15) is 41.1 Å². The minimum atomic E-state index is -0.160. The summed E-state index contributed by atoms with van der Waals surface area (Å²) in [4.78, 5) is 16.1. The summed E-state index contributed by atoms with van der Waals surface area (Å²) in [5.41, 5.74) is 6.98. The molecule has 0 aromatic carbocycles. The fraction of sp³-hybridized carbons (Fsp3) is 0.286. The Balaban J connectivity index is 2.08. The number of amides is 1. The number of aromatic nitrogens is 1. The van der Waals surface area contributed by atoms with Gasteiger partial charge in [0.05, 0.1) is 18.2 Å². The first kappa shape index (κ1) is 13.3. The summed E-state index contributed by atoms with van der Waals surface area (Å²) in [6, 6.07) is 5.42. The molecule has 5 heteroatoms. The molecule has 0 fully saturated rings. The quantitative estimate of drug-likeness (QED) is 0.860. The lowest BCUT2D eigenvalue weighted by Gasteiger charge is -2.16. The summed E-state index contributed by atoms with van der Waals surface area (Å²) >= 11 is 0. The molecule has 2 heterocycles. The first-order chi connectivity index (χ1) is 9.24. The first-order valence-corrected chi connectivity index (χ1v) is 6.22. The number of hydrogen-bond donors (Lipinski definition) is 2. The minimum absolute atomic E-state index is 0.0354. The van der Waals surface area contributed by atoms with Gasteiger partial charge in [0.2, 0.25) is 0 Å². The molecular formula is C14H17N3O2. The number of pyridine rings is 1. The molecule has 2 aromatic rings. The Hall–Kier alpha value is -2.14. The van der Waals surface area contributed by atoms with Gasteiger partial charge in [-0.3, -0.25) is 9.78 Å². The van der Waals surface area contributed by atoms with Crippen LogP contribution >= 0.6 is 0 Å². The van der Waals surface area contributed by atoms with Crippen molar-refractivity contribution >= 4 is 5.91 Å². The number of nitrogens with one attached hydrogen (secondary N) is 1. The summed E-state index contributed by atoms with van der Waals surface area (Å²) in [5, 5.41) is 2.97. The highest BCUT2D eigenvalue weighted by molar-refractivity contribution is 5.94. The van der Waals surface area contributed by atoms with Gasteiger partial charge in [0.15, 0.2) is 0 Å². The van der Waals surface area contributed by atoms with Crippen LogP contribution in [0, 0.1) is 0 Å². The lowest BCUT2D eigenvalue weighted by molar-refractivity contribution is 0.0935. The zero-order chi connectivity index (χ0) is 13.7. The molecule has 19 heavy (non-hydrogen) atoms. The van der Waals surface area contributed by atoms with Crippen LogP contribution in [0.5, 0.6) is 0 Å². The van der Waals surface area contributed by atoms with Gasteiger partial charge in [0, 0.05) is 12.4 Å². The van der Waals surface area contributed by atoms with Gasteiger partial charge in [0.1, 0.15) is 12.0 Å². The highest BCUT2D eigenvalue weighted by atomic mass is 16.3. The lowest BCUT2D eigenvalue weighted by atomic mass is 10.1. The molecule has 2 rings (SSSR count). The highest BCUT2D eigenvalue weighted by Crippen LogP contribution is 2.16. The third-order valence-electron chi connectivity index (χ3n) is 2.94. The molecule has 0 bridgehead atoms. The standard InChI is InChI=1S/C14H17N3O2/c1-2-13(10-3-5-16-6-4-10)17-14(18)11-7-12(8-15)19-9-11/h3-7,9,13H,2,8,15H2,1H3,(H,17,18). The normalized spacial score (nSPS) is 12.1. The van der Waals surface area contributed by atoms with Crippen molar-refractivity contribution in [3.05, 3.63) is 53.7 Å². The number of nitrogens with zero attached hydrogens (tertiary/aromatic N) is 1. The van der Waals surface area contributed by atoms with E-state index in [4.69, 9.17) is 10.2 Å². The number of carbonyl (C=O) groups is 1. The molecule has 0 saturated heterocycles. The van der Waals surface area contributed by atoms with E-state index in [1.54, 1.807) is 18.5 Å². The molecule has 1 amide bonds. The van der Waals surface area contributed by atoms with E-state index in [9.17, 15) is 4.79 Å².